The largest absolute Gasteiger partial charge is 0.481 e. The first-order valence-corrected chi connectivity index (χ1v) is 5.18. The number of carboxylic acid groups (broad SMARTS) is 1. The molecule has 0 unspecified atom stereocenters. The van der Waals surface area contributed by atoms with E-state index in [-0.39, 0.29) is 18.9 Å². The van der Waals surface area contributed by atoms with Crippen LogP contribution in [0.3, 0.4) is 0 Å². The van der Waals surface area contributed by atoms with Crippen LogP contribution in [0.15, 0.2) is 18.3 Å². The topological polar surface area (TPSA) is 62.5 Å². The Kier molecular flexibility index (Phi) is 4.10. The Morgan fingerprint density at radius 2 is 2.19 bits per heavy atom. The molecule has 1 heterocycles. The van der Waals surface area contributed by atoms with Crippen molar-refractivity contribution in [3.05, 3.63) is 24.0 Å². The van der Waals surface area contributed by atoms with Gasteiger partial charge in [0.15, 0.2) is 0 Å². The van der Waals surface area contributed by atoms with Gasteiger partial charge in [-0.05, 0) is 19.1 Å². The standard InChI is InChI=1S/C11H16N2O3/c1-3-13-7-4-5-9(13)11(16)12(2)8-6-10(14)15/h4-5,7H,3,6,8H2,1-2H3,(H,14,15). The van der Waals surface area contributed by atoms with E-state index in [0.29, 0.717) is 5.69 Å². The van der Waals surface area contributed by atoms with Gasteiger partial charge in [-0.3, -0.25) is 9.59 Å². The van der Waals surface area contributed by atoms with Crippen molar-refractivity contribution in [3.63, 3.8) is 0 Å². The average Bonchev–Trinajstić information content (AvgIpc) is 2.72. The van der Waals surface area contributed by atoms with Gasteiger partial charge in [0.2, 0.25) is 0 Å². The number of aryl methyl sites for hydroxylation is 1. The molecule has 0 saturated carbocycles. The highest BCUT2D eigenvalue weighted by Gasteiger charge is 2.15. The number of rotatable bonds is 5. The average molecular weight is 224 g/mol. The number of carbonyl (C=O) groups is 2. The van der Waals surface area contributed by atoms with Crippen LogP contribution >= 0.6 is 0 Å². The first kappa shape index (κ1) is 12.3. The molecule has 0 radical (unpaired) electrons. The highest BCUT2D eigenvalue weighted by Crippen LogP contribution is 2.06. The Labute approximate surface area is 94.3 Å². The van der Waals surface area contributed by atoms with E-state index in [1.54, 1.807) is 13.1 Å². The van der Waals surface area contributed by atoms with Gasteiger partial charge in [0, 0.05) is 26.3 Å². The fourth-order valence-electron chi connectivity index (χ4n) is 1.44. The monoisotopic (exact) mass is 224 g/mol. The number of carbonyl (C=O) groups excluding carboxylic acids is 1. The summed E-state index contributed by atoms with van der Waals surface area (Å²) in [6, 6.07) is 3.55. The van der Waals surface area contributed by atoms with E-state index in [0.717, 1.165) is 6.54 Å². The smallest absolute Gasteiger partial charge is 0.305 e. The molecule has 1 aromatic rings. The second-order valence-corrected chi connectivity index (χ2v) is 3.55. The van der Waals surface area contributed by atoms with Crippen LogP contribution in [-0.2, 0) is 11.3 Å². The summed E-state index contributed by atoms with van der Waals surface area (Å²) in [6.07, 6.45) is 1.80. The van der Waals surface area contributed by atoms with Crippen LogP contribution in [0.25, 0.3) is 0 Å². The lowest BCUT2D eigenvalue weighted by atomic mass is 10.3. The Morgan fingerprint density at radius 3 is 2.75 bits per heavy atom. The van der Waals surface area contributed by atoms with Crippen molar-refractivity contribution in [2.24, 2.45) is 0 Å². The number of hydrogen-bond acceptors (Lipinski definition) is 2. The van der Waals surface area contributed by atoms with Crippen molar-refractivity contribution >= 4 is 11.9 Å². The van der Waals surface area contributed by atoms with E-state index in [1.165, 1.54) is 4.90 Å². The summed E-state index contributed by atoms with van der Waals surface area (Å²) in [4.78, 5) is 23.7. The molecule has 16 heavy (non-hydrogen) atoms. The molecule has 0 spiro atoms. The zero-order chi connectivity index (χ0) is 12.1. The summed E-state index contributed by atoms with van der Waals surface area (Å²) in [7, 11) is 1.61. The molecular weight excluding hydrogens is 208 g/mol. The summed E-state index contributed by atoms with van der Waals surface area (Å²) in [6.45, 7) is 2.90. The van der Waals surface area contributed by atoms with Gasteiger partial charge in [0.25, 0.3) is 5.91 Å². The van der Waals surface area contributed by atoms with Crippen LogP contribution in [0.4, 0.5) is 0 Å². The molecule has 1 aromatic heterocycles. The quantitative estimate of drug-likeness (QED) is 0.813. The molecule has 1 N–H and O–H groups in total. The third kappa shape index (κ3) is 2.85. The first-order valence-electron chi connectivity index (χ1n) is 5.18. The van der Waals surface area contributed by atoms with Gasteiger partial charge in [0.05, 0.1) is 6.42 Å². The number of hydrogen-bond donors (Lipinski definition) is 1. The van der Waals surface area contributed by atoms with Gasteiger partial charge in [-0.15, -0.1) is 0 Å². The van der Waals surface area contributed by atoms with Gasteiger partial charge >= 0.3 is 5.97 Å². The second kappa shape index (κ2) is 5.34. The van der Waals surface area contributed by atoms with Crippen molar-refractivity contribution in [3.8, 4) is 0 Å². The fraction of sp³-hybridized carbons (Fsp3) is 0.455. The molecule has 0 fully saturated rings. The maximum absolute atomic E-state index is 11.9. The van der Waals surface area contributed by atoms with Crippen LogP contribution in [0.5, 0.6) is 0 Å². The lowest BCUT2D eigenvalue weighted by molar-refractivity contribution is -0.137. The summed E-state index contributed by atoms with van der Waals surface area (Å²) in [5, 5.41) is 8.53. The first-order chi connectivity index (χ1) is 7.56. The molecule has 0 aliphatic carbocycles. The van der Waals surface area contributed by atoms with E-state index >= 15 is 0 Å². The van der Waals surface area contributed by atoms with Gasteiger partial charge in [-0.2, -0.15) is 0 Å². The third-order valence-corrected chi connectivity index (χ3v) is 2.40. The molecule has 0 atom stereocenters. The van der Waals surface area contributed by atoms with Crippen LogP contribution in [0, 0.1) is 0 Å². The molecule has 0 aliphatic rings. The van der Waals surface area contributed by atoms with E-state index in [9.17, 15) is 9.59 Å². The molecule has 1 rings (SSSR count). The number of aliphatic carboxylic acids is 1. The van der Waals surface area contributed by atoms with E-state index in [1.807, 2.05) is 23.8 Å². The van der Waals surface area contributed by atoms with E-state index < -0.39 is 5.97 Å². The van der Waals surface area contributed by atoms with Gasteiger partial charge in [0.1, 0.15) is 5.69 Å². The highest BCUT2D eigenvalue weighted by atomic mass is 16.4. The van der Waals surface area contributed by atoms with Crippen LogP contribution in [-0.4, -0.2) is 40.0 Å². The molecule has 0 bridgehead atoms. The molecular formula is C11H16N2O3. The Balaban J connectivity index is 2.66. The van der Waals surface area contributed by atoms with Crippen LogP contribution in [0.1, 0.15) is 23.8 Å². The Morgan fingerprint density at radius 1 is 1.50 bits per heavy atom. The summed E-state index contributed by atoms with van der Waals surface area (Å²) >= 11 is 0. The fourth-order valence-corrected chi connectivity index (χ4v) is 1.44. The predicted molar refractivity (Wildman–Crippen MR) is 59.3 cm³/mol. The molecule has 1 amide bonds. The molecule has 0 saturated heterocycles. The Bertz CT molecular complexity index is 384. The predicted octanol–water partition coefficient (Wildman–Crippen LogP) is 1.05. The lowest BCUT2D eigenvalue weighted by Gasteiger charge is -2.16. The third-order valence-electron chi connectivity index (χ3n) is 2.40. The van der Waals surface area contributed by atoms with Crippen molar-refractivity contribution in [2.75, 3.05) is 13.6 Å². The zero-order valence-corrected chi connectivity index (χ0v) is 9.51. The minimum atomic E-state index is -0.898. The van der Waals surface area contributed by atoms with E-state index in [4.69, 9.17) is 5.11 Å². The van der Waals surface area contributed by atoms with E-state index in [2.05, 4.69) is 0 Å². The SMILES string of the molecule is CCn1cccc1C(=O)N(C)CCC(=O)O. The minimum absolute atomic E-state index is 0.0327. The van der Waals surface area contributed by atoms with Crippen molar-refractivity contribution in [1.29, 1.82) is 0 Å². The zero-order valence-electron chi connectivity index (χ0n) is 9.51. The number of carboxylic acids is 1. The molecule has 0 aromatic carbocycles. The van der Waals surface area contributed by atoms with Crippen molar-refractivity contribution in [2.45, 2.75) is 19.9 Å². The Hall–Kier alpha value is -1.78. The summed E-state index contributed by atoms with van der Waals surface area (Å²) in [5.41, 5.74) is 0.593. The van der Waals surface area contributed by atoms with Crippen molar-refractivity contribution in [1.82, 2.24) is 9.47 Å². The normalized spacial score (nSPS) is 10.1. The highest BCUT2D eigenvalue weighted by molar-refractivity contribution is 5.92. The van der Waals surface area contributed by atoms with Crippen LogP contribution in [0.2, 0.25) is 0 Å². The summed E-state index contributed by atoms with van der Waals surface area (Å²) in [5.74, 6) is -1.04. The maximum atomic E-state index is 11.9. The van der Waals surface area contributed by atoms with Gasteiger partial charge in [-0.25, -0.2) is 0 Å². The van der Waals surface area contributed by atoms with Crippen molar-refractivity contribution < 1.29 is 14.7 Å². The molecule has 0 aliphatic heterocycles. The van der Waals surface area contributed by atoms with Gasteiger partial charge < -0.3 is 14.6 Å². The number of amides is 1. The maximum Gasteiger partial charge on any atom is 0.305 e. The molecule has 5 nitrogen and oxygen atoms in total. The molecule has 88 valence electrons. The summed E-state index contributed by atoms with van der Waals surface area (Å²) < 4.78 is 1.83. The molecule has 5 heteroatoms. The number of aromatic nitrogens is 1. The number of nitrogens with zero attached hydrogens (tertiary/aromatic N) is 2. The van der Waals surface area contributed by atoms with Crippen LogP contribution < -0.4 is 0 Å². The minimum Gasteiger partial charge on any atom is -0.481 e. The van der Waals surface area contributed by atoms with Gasteiger partial charge in [-0.1, -0.05) is 0 Å². The lowest BCUT2D eigenvalue weighted by Crippen LogP contribution is -2.30. The second-order valence-electron chi connectivity index (χ2n) is 3.55.